The summed E-state index contributed by atoms with van der Waals surface area (Å²) < 4.78 is 7.55. The van der Waals surface area contributed by atoms with E-state index in [4.69, 9.17) is 16.3 Å². The number of amides is 1. The van der Waals surface area contributed by atoms with E-state index in [9.17, 15) is 14.4 Å². The number of methoxy groups -OCH3 is 1. The second-order valence-corrected chi connectivity index (χ2v) is 8.20. The second kappa shape index (κ2) is 9.94. The lowest BCUT2D eigenvalue weighted by Gasteiger charge is -2.15. The van der Waals surface area contributed by atoms with Gasteiger partial charge in [0.2, 0.25) is 0 Å². The molecule has 0 aliphatic rings. The highest BCUT2D eigenvalue weighted by molar-refractivity contribution is 6.30. The van der Waals surface area contributed by atoms with Crippen molar-refractivity contribution < 1.29 is 14.3 Å². The van der Waals surface area contributed by atoms with Crippen LogP contribution in [0.15, 0.2) is 60.3 Å². The first-order valence-electron chi connectivity index (χ1n) is 10.6. The summed E-state index contributed by atoms with van der Waals surface area (Å²) in [6.45, 7) is 3.70. The van der Waals surface area contributed by atoms with E-state index >= 15 is 0 Å². The summed E-state index contributed by atoms with van der Waals surface area (Å²) in [5, 5.41) is 8.02. The zero-order chi connectivity index (χ0) is 25.1. The number of halogens is 1. The van der Waals surface area contributed by atoms with Crippen LogP contribution in [0.2, 0.25) is 5.02 Å². The Morgan fingerprint density at radius 2 is 1.97 bits per heavy atom. The standard InChI is InChI=1S/C25H22ClN5O4/c1-4-18-19-9-20(24(33)28-10-15-5-7-17(26)8-6-15)25(34)31(14-22(32)35-3)23(19)27-12-21(18)16-11-29-30(2)13-16/h4-9,11-13H,1,10,14H2,2-3H3,(H,28,33). The van der Waals surface area contributed by atoms with E-state index in [0.717, 1.165) is 21.3 Å². The summed E-state index contributed by atoms with van der Waals surface area (Å²) in [6.07, 6.45) is 6.71. The Balaban J connectivity index is 1.85. The lowest BCUT2D eigenvalue weighted by atomic mass is 10.00. The number of benzene rings is 1. The summed E-state index contributed by atoms with van der Waals surface area (Å²) >= 11 is 5.92. The molecule has 0 atom stereocenters. The monoisotopic (exact) mass is 491 g/mol. The molecule has 1 N–H and O–H groups in total. The van der Waals surface area contributed by atoms with Gasteiger partial charge in [0, 0.05) is 47.5 Å². The van der Waals surface area contributed by atoms with E-state index in [1.165, 1.54) is 13.2 Å². The minimum absolute atomic E-state index is 0.136. The molecule has 10 heteroatoms. The molecule has 0 aliphatic heterocycles. The molecule has 3 heterocycles. The Morgan fingerprint density at radius 1 is 1.23 bits per heavy atom. The normalized spacial score (nSPS) is 10.8. The van der Waals surface area contributed by atoms with E-state index in [1.807, 2.05) is 6.20 Å². The van der Waals surface area contributed by atoms with E-state index in [-0.39, 0.29) is 17.8 Å². The van der Waals surface area contributed by atoms with Crippen molar-refractivity contribution in [2.45, 2.75) is 13.1 Å². The first-order valence-corrected chi connectivity index (χ1v) is 11.0. The predicted molar refractivity (Wildman–Crippen MR) is 133 cm³/mol. The van der Waals surface area contributed by atoms with Gasteiger partial charge in [-0.2, -0.15) is 5.10 Å². The van der Waals surface area contributed by atoms with Crippen LogP contribution < -0.4 is 10.9 Å². The number of nitrogens with zero attached hydrogens (tertiary/aromatic N) is 4. The van der Waals surface area contributed by atoms with Gasteiger partial charge in [-0.3, -0.25) is 23.6 Å². The Bertz CT molecular complexity index is 1510. The smallest absolute Gasteiger partial charge is 0.325 e. The second-order valence-electron chi connectivity index (χ2n) is 7.76. The van der Waals surface area contributed by atoms with Gasteiger partial charge in [-0.05, 0) is 29.3 Å². The van der Waals surface area contributed by atoms with E-state index in [2.05, 4.69) is 22.0 Å². The van der Waals surface area contributed by atoms with Crippen LogP contribution >= 0.6 is 11.6 Å². The van der Waals surface area contributed by atoms with Gasteiger partial charge in [0.05, 0.1) is 13.3 Å². The molecular formula is C25H22ClN5O4. The lowest BCUT2D eigenvalue weighted by molar-refractivity contribution is -0.141. The highest BCUT2D eigenvalue weighted by Crippen LogP contribution is 2.29. The van der Waals surface area contributed by atoms with Crippen molar-refractivity contribution in [2.75, 3.05) is 7.11 Å². The molecular weight excluding hydrogens is 470 g/mol. The van der Waals surface area contributed by atoms with Gasteiger partial charge in [0.25, 0.3) is 11.5 Å². The molecule has 0 fully saturated rings. The fraction of sp³-hybridized carbons (Fsp3) is 0.160. The maximum Gasteiger partial charge on any atom is 0.325 e. The van der Waals surface area contributed by atoms with Crippen molar-refractivity contribution in [1.29, 1.82) is 0 Å². The molecule has 1 amide bonds. The summed E-state index contributed by atoms with van der Waals surface area (Å²) in [7, 11) is 3.02. The van der Waals surface area contributed by atoms with E-state index in [1.54, 1.807) is 54.5 Å². The third kappa shape index (κ3) is 4.85. The number of esters is 1. The maximum absolute atomic E-state index is 13.3. The molecule has 178 valence electrons. The Kier molecular flexibility index (Phi) is 6.79. The molecule has 0 saturated carbocycles. The van der Waals surface area contributed by atoms with Gasteiger partial charge in [-0.15, -0.1) is 0 Å². The molecule has 0 aliphatic carbocycles. The number of pyridine rings is 2. The zero-order valence-corrected chi connectivity index (χ0v) is 19.9. The average Bonchev–Trinajstić information content (AvgIpc) is 3.29. The fourth-order valence-electron chi connectivity index (χ4n) is 3.73. The van der Waals surface area contributed by atoms with Crippen LogP contribution in [0.5, 0.6) is 0 Å². The van der Waals surface area contributed by atoms with Crippen LogP contribution in [0.1, 0.15) is 21.5 Å². The number of hydrogen-bond acceptors (Lipinski definition) is 6. The number of ether oxygens (including phenoxy) is 1. The number of hydrogen-bond donors (Lipinski definition) is 1. The SMILES string of the molecule is C=Cc1c(-c2cnn(C)c2)cnc2c1cc(C(=O)NCc1ccc(Cl)cc1)c(=O)n2CC(=O)OC. The number of aromatic nitrogens is 4. The molecule has 0 bridgehead atoms. The third-order valence-electron chi connectivity index (χ3n) is 5.50. The molecule has 35 heavy (non-hydrogen) atoms. The van der Waals surface area contributed by atoms with Crippen molar-refractivity contribution >= 4 is 40.6 Å². The maximum atomic E-state index is 13.3. The molecule has 4 aromatic rings. The quantitative estimate of drug-likeness (QED) is 0.398. The van der Waals surface area contributed by atoms with Crippen molar-refractivity contribution in [1.82, 2.24) is 24.6 Å². The van der Waals surface area contributed by atoms with Crippen LogP contribution in [-0.4, -0.2) is 38.3 Å². The number of nitrogens with one attached hydrogen (secondary N) is 1. The zero-order valence-electron chi connectivity index (χ0n) is 19.1. The molecule has 0 saturated heterocycles. The van der Waals surface area contributed by atoms with E-state index < -0.39 is 24.0 Å². The van der Waals surface area contributed by atoms with Gasteiger partial charge in [-0.25, -0.2) is 4.98 Å². The van der Waals surface area contributed by atoms with Crippen molar-refractivity contribution in [2.24, 2.45) is 7.05 Å². The van der Waals surface area contributed by atoms with Crippen LogP contribution in [-0.2, 0) is 29.7 Å². The van der Waals surface area contributed by atoms with Crippen LogP contribution in [0, 0.1) is 0 Å². The molecule has 9 nitrogen and oxygen atoms in total. The summed E-state index contributed by atoms with van der Waals surface area (Å²) in [5.41, 5.74) is 2.40. The van der Waals surface area contributed by atoms with Crippen LogP contribution in [0.3, 0.4) is 0 Å². The minimum atomic E-state index is -0.659. The average molecular weight is 492 g/mol. The molecule has 0 spiro atoms. The molecule has 1 aromatic carbocycles. The number of fused-ring (bicyclic) bond motifs is 1. The number of rotatable bonds is 7. The van der Waals surface area contributed by atoms with Gasteiger partial charge in [-0.1, -0.05) is 36.4 Å². The lowest BCUT2D eigenvalue weighted by Crippen LogP contribution is -2.34. The van der Waals surface area contributed by atoms with Crippen LogP contribution in [0.4, 0.5) is 0 Å². The predicted octanol–water partition coefficient (Wildman–Crippen LogP) is 3.20. The summed E-state index contributed by atoms with van der Waals surface area (Å²) in [5.74, 6) is -1.24. The number of carbonyl (C=O) groups excluding carboxylic acids is 2. The van der Waals surface area contributed by atoms with Crippen molar-refractivity contribution in [3.8, 4) is 11.1 Å². The van der Waals surface area contributed by atoms with Crippen LogP contribution in [0.25, 0.3) is 28.2 Å². The van der Waals surface area contributed by atoms with E-state index in [0.29, 0.717) is 16.0 Å². The molecule has 4 rings (SSSR count). The number of carbonyl (C=O) groups is 2. The first kappa shape index (κ1) is 23.9. The van der Waals surface area contributed by atoms with Crippen molar-refractivity contribution in [3.05, 3.63) is 87.6 Å². The fourth-order valence-corrected chi connectivity index (χ4v) is 3.85. The highest BCUT2D eigenvalue weighted by Gasteiger charge is 2.21. The van der Waals surface area contributed by atoms with Gasteiger partial charge in [0.15, 0.2) is 0 Å². The van der Waals surface area contributed by atoms with Crippen molar-refractivity contribution in [3.63, 3.8) is 0 Å². The Labute approximate surface area is 205 Å². The number of aryl methyl sites for hydroxylation is 1. The highest BCUT2D eigenvalue weighted by atomic mass is 35.5. The first-order chi connectivity index (χ1) is 16.8. The molecule has 3 aromatic heterocycles. The topological polar surface area (TPSA) is 108 Å². The largest absolute Gasteiger partial charge is 0.468 e. The summed E-state index contributed by atoms with van der Waals surface area (Å²) in [6, 6.07) is 8.46. The molecule has 0 radical (unpaired) electrons. The Hall–Kier alpha value is -4.24. The molecule has 0 unspecified atom stereocenters. The summed E-state index contributed by atoms with van der Waals surface area (Å²) in [4.78, 5) is 42.9. The van der Waals surface area contributed by atoms with Gasteiger partial charge < -0.3 is 10.1 Å². The minimum Gasteiger partial charge on any atom is -0.468 e. The van der Waals surface area contributed by atoms with Gasteiger partial charge in [0.1, 0.15) is 17.8 Å². The van der Waals surface area contributed by atoms with Gasteiger partial charge >= 0.3 is 5.97 Å². The third-order valence-corrected chi connectivity index (χ3v) is 5.75. The Morgan fingerprint density at radius 3 is 2.60 bits per heavy atom.